The maximum atomic E-state index is 12.8. The van der Waals surface area contributed by atoms with Crippen LogP contribution < -0.4 is 15.7 Å². The molecule has 0 saturated heterocycles. The Hall–Kier alpha value is -4.13. The number of ether oxygens (including phenoxy) is 1. The van der Waals surface area contributed by atoms with Crippen molar-refractivity contribution in [3.8, 4) is 5.75 Å². The molecule has 0 spiro atoms. The Balaban J connectivity index is 1.50. The number of fused-ring (bicyclic) bond motifs is 1. The van der Waals surface area contributed by atoms with Gasteiger partial charge in [-0.15, -0.1) is 0 Å². The number of methoxy groups -OCH3 is 1. The first-order chi connectivity index (χ1) is 15.1. The average molecular weight is 414 g/mol. The molecule has 0 fully saturated rings. The van der Waals surface area contributed by atoms with E-state index >= 15 is 0 Å². The molecule has 7 nitrogen and oxygen atoms in total. The summed E-state index contributed by atoms with van der Waals surface area (Å²) in [5.74, 6) is 0.193. The van der Waals surface area contributed by atoms with Gasteiger partial charge in [0.05, 0.1) is 19.9 Å². The van der Waals surface area contributed by atoms with E-state index in [9.17, 15) is 9.59 Å². The number of pyridine rings is 1. The Labute approximate surface area is 179 Å². The van der Waals surface area contributed by atoms with E-state index in [1.54, 1.807) is 25.6 Å². The van der Waals surface area contributed by atoms with Crippen LogP contribution in [0.25, 0.3) is 10.9 Å². The summed E-state index contributed by atoms with van der Waals surface area (Å²) >= 11 is 0. The van der Waals surface area contributed by atoms with Crippen molar-refractivity contribution in [3.63, 3.8) is 0 Å². The minimum atomic E-state index is -0.550. The third-order valence-electron chi connectivity index (χ3n) is 5.07. The van der Waals surface area contributed by atoms with Crippen LogP contribution in [0.1, 0.15) is 21.5 Å². The molecule has 31 heavy (non-hydrogen) atoms. The second-order valence-electron chi connectivity index (χ2n) is 7.11. The molecule has 4 aromatic rings. The summed E-state index contributed by atoms with van der Waals surface area (Å²) in [5.41, 5.74) is 4.99. The fraction of sp³-hybridized carbons (Fsp3) is 0.125. The maximum Gasteiger partial charge on any atom is 0.276 e. The first-order valence-corrected chi connectivity index (χ1v) is 9.76. The van der Waals surface area contributed by atoms with E-state index in [4.69, 9.17) is 4.74 Å². The molecule has 1 N–H and O–H groups in total. The molecular weight excluding hydrogens is 392 g/mol. The number of aromatic nitrogens is 2. The van der Waals surface area contributed by atoms with Gasteiger partial charge >= 0.3 is 0 Å². The molecule has 0 radical (unpaired) electrons. The fourth-order valence-corrected chi connectivity index (χ4v) is 3.46. The zero-order valence-corrected chi connectivity index (χ0v) is 17.3. The van der Waals surface area contributed by atoms with Gasteiger partial charge < -0.3 is 13.9 Å². The largest absolute Gasteiger partial charge is 0.497 e. The number of rotatable bonds is 6. The number of hydrogen-bond acceptors (Lipinski definition) is 4. The van der Waals surface area contributed by atoms with E-state index in [-0.39, 0.29) is 11.1 Å². The van der Waals surface area contributed by atoms with Gasteiger partial charge in [0.2, 0.25) is 0 Å². The van der Waals surface area contributed by atoms with Crippen LogP contribution in [0.2, 0.25) is 0 Å². The molecule has 2 aromatic heterocycles. The van der Waals surface area contributed by atoms with Gasteiger partial charge in [0, 0.05) is 35.9 Å². The summed E-state index contributed by atoms with van der Waals surface area (Å²) in [7, 11) is 3.55. The first-order valence-electron chi connectivity index (χ1n) is 9.76. The summed E-state index contributed by atoms with van der Waals surface area (Å²) in [5, 5.41) is 5.09. The topological polar surface area (TPSA) is 77.6 Å². The van der Waals surface area contributed by atoms with Gasteiger partial charge in [-0.1, -0.05) is 30.3 Å². The highest BCUT2D eigenvalue weighted by molar-refractivity contribution is 6.00. The highest BCUT2D eigenvalue weighted by Gasteiger charge is 2.12. The summed E-state index contributed by atoms with van der Waals surface area (Å²) < 4.78 is 8.64. The van der Waals surface area contributed by atoms with Gasteiger partial charge in [0.1, 0.15) is 11.3 Å². The SMILES string of the molecule is COc1ccc(Cn2cccc(C(=O)N/N=C\c3cn(C)c4ccccc34)c2=O)cc1. The number of nitrogens with one attached hydrogen (secondary N) is 1. The van der Waals surface area contributed by atoms with Crippen molar-refractivity contribution in [1.29, 1.82) is 0 Å². The van der Waals surface area contributed by atoms with Gasteiger partial charge in [-0.25, -0.2) is 5.43 Å². The van der Waals surface area contributed by atoms with Gasteiger partial charge in [0.15, 0.2) is 0 Å². The molecule has 0 saturated carbocycles. The molecular formula is C24H22N4O3. The van der Waals surface area contributed by atoms with Crippen LogP contribution in [0.4, 0.5) is 0 Å². The maximum absolute atomic E-state index is 12.8. The molecule has 0 aliphatic rings. The third-order valence-corrected chi connectivity index (χ3v) is 5.07. The second kappa shape index (κ2) is 8.71. The Morgan fingerprint density at radius 2 is 1.87 bits per heavy atom. The standard InChI is InChI=1S/C24H22N4O3/c1-27-16-18(20-6-3-4-8-22(20)27)14-25-26-23(29)21-7-5-13-28(24(21)30)15-17-9-11-19(31-2)12-10-17/h3-14,16H,15H2,1-2H3,(H,26,29)/b25-14-. The highest BCUT2D eigenvalue weighted by atomic mass is 16.5. The van der Waals surface area contributed by atoms with E-state index in [0.29, 0.717) is 6.54 Å². The van der Waals surface area contributed by atoms with E-state index in [1.165, 1.54) is 10.6 Å². The molecule has 4 rings (SSSR count). The lowest BCUT2D eigenvalue weighted by Gasteiger charge is -2.08. The zero-order valence-electron chi connectivity index (χ0n) is 17.3. The van der Waals surface area contributed by atoms with Crippen molar-refractivity contribution in [2.45, 2.75) is 6.54 Å². The zero-order chi connectivity index (χ0) is 21.8. The van der Waals surface area contributed by atoms with Crippen molar-refractivity contribution >= 4 is 23.0 Å². The number of para-hydroxylation sites is 1. The van der Waals surface area contributed by atoms with Gasteiger partial charge in [-0.2, -0.15) is 5.10 Å². The smallest absolute Gasteiger partial charge is 0.276 e. The highest BCUT2D eigenvalue weighted by Crippen LogP contribution is 2.18. The lowest BCUT2D eigenvalue weighted by molar-refractivity contribution is 0.0953. The average Bonchev–Trinajstić information content (AvgIpc) is 3.11. The lowest BCUT2D eigenvalue weighted by atomic mass is 10.2. The minimum absolute atomic E-state index is 0.0334. The summed E-state index contributed by atoms with van der Waals surface area (Å²) in [6.45, 7) is 0.350. The molecule has 0 bridgehead atoms. The van der Waals surface area contributed by atoms with E-state index in [2.05, 4.69) is 10.5 Å². The molecule has 2 aromatic carbocycles. The van der Waals surface area contributed by atoms with Crippen molar-refractivity contribution < 1.29 is 9.53 Å². The fourth-order valence-electron chi connectivity index (χ4n) is 3.46. The van der Waals surface area contributed by atoms with Crippen LogP contribution in [0.3, 0.4) is 0 Å². The monoisotopic (exact) mass is 414 g/mol. The Kier molecular flexibility index (Phi) is 5.66. The number of nitrogens with zero attached hydrogens (tertiary/aromatic N) is 3. The minimum Gasteiger partial charge on any atom is -0.497 e. The number of amides is 1. The predicted molar refractivity (Wildman–Crippen MR) is 121 cm³/mol. The van der Waals surface area contributed by atoms with E-state index in [0.717, 1.165) is 27.8 Å². The predicted octanol–water partition coefficient (Wildman–Crippen LogP) is 3.16. The third kappa shape index (κ3) is 4.25. The number of carbonyl (C=O) groups excluding carboxylic acids is 1. The Bertz CT molecular complexity index is 1320. The van der Waals surface area contributed by atoms with Crippen LogP contribution in [0.15, 0.2) is 83.0 Å². The molecule has 0 aliphatic heterocycles. The molecule has 0 atom stereocenters. The van der Waals surface area contributed by atoms with Crippen molar-refractivity contribution in [2.75, 3.05) is 7.11 Å². The van der Waals surface area contributed by atoms with Crippen LogP contribution in [0.5, 0.6) is 5.75 Å². The van der Waals surface area contributed by atoms with E-state index in [1.807, 2.05) is 66.3 Å². The number of aryl methyl sites for hydroxylation is 1. The summed E-state index contributed by atoms with van der Waals surface area (Å²) in [6.07, 6.45) is 5.17. The summed E-state index contributed by atoms with van der Waals surface area (Å²) in [4.78, 5) is 25.3. The molecule has 2 heterocycles. The van der Waals surface area contributed by atoms with Gasteiger partial charge in [0.25, 0.3) is 11.5 Å². The normalized spacial score (nSPS) is 11.2. The van der Waals surface area contributed by atoms with Crippen LogP contribution in [0, 0.1) is 0 Å². The number of hydrazone groups is 1. The van der Waals surface area contributed by atoms with Crippen LogP contribution in [-0.2, 0) is 13.6 Å². The number of benzene rings is 2. The molecule has 7 heteroatoms. The molecule has 1 amide bonds. The number of hydrogen-bond donors (Lipinski definition) is 1. The van der Waals surface area contributed by atoms with Crippen molar-refractivity contribution in [3.05, 3.63) is 100 Å². The summed E-state index contributed by atoms with van der Waals surface area (Å²) in [6, 6.07) is 18.5. The molecule has 0 aliphatic carbocycles. The number of carbonyl (C=O) groups is 1. The molecule has 156 valence electrons. The van der Waals surface area contributed by atoms with Crippen molar-refractivity contribution in [2.24, 2.45) is 12.1 Å². The van der Waals surface area contributed by atoms with Crippen LogP contribution >= 0.6 is 0 Å². The van der Waals surface area contributed by atoms with Crippen LogP contribution in [-0.4, -0.2) is 28.4 Å². The Morgan fingerprint density at radius 1 is 1.10 bits per heavy atom. The molecule has 0 unspecified atom stereocenters. The second-order valence-corrected chi connectivity index (χ2v) is 7.11. The first kappa shape index (κ1) is 20.2. The quantitative estimate of drug-likeness (QED) is 0.389. The van der Waals surface area contributed by atoms with Gasteiger partial charge in [-0.05, 0) is 35.9 Å². The van der Waals surface area contributed by atoms with E-state index < -0.39 is 5.91 Å². The lowest BCUT2D eigenvalue weighted by Crippen LogP contribution is -2.30. The Morgan fingerprint density at radius 3 is 2.65 bits per heavy atom. The van der Waals surface area contributed by atoms with Gasteiger partial charge in [-0.3, -0.25) is 9.59 Å². The van der Waals surface area contributed by atoms with Crippen molar-refractivity contribution in [1.82, 2.24) is 14.6 Å².